The topological polar surface area (TPSA) is 0 Å². The molecule has 0 bridgehead atoms. The average molecular weight is 302 g/mol. The van der Waals surface area contributed by atoms with E-state index in [2.05, 4.69) is 80.6 Å². The Morgan fingerprint density at radius 2 is 1.64 bits per heavy atom. The number of fused-ring (bicyclic) bond motifs is 3. The molecule has 1 heterocycles. The zero-order valence-electron chi connectivity index (χ0n) is 12.8. The molecule has 4 rings (SSSR count). The summed E-state index contributed by atoms with van der Waals surface area (Å²) in [5.41, 5.74) is 6.66. The predicted octanol–water partition coefficient (Wildman–Crippen LogP) is 6.25. The van der Waals surface area contributed by atoms with Crippen LogP contribution in [-0.4, -0.2) is 0 Å². The summed E-state index contributed by atoms with van der Waals surface area (Å²) in [6.45, 7) is 4.29. The number of allylic oxidation sites excluding steroid dienone is 6. The maximum Gasteiger partial charge on any atom is 0.0347 e. The van der Waals surface area contributed by atoms with Crippen molar-refractivity contribution >= 4 is 11.8 Å². The van der Waals surface area contributed by atoms with Crippen molar-refractivity contribution in [3.8, 4) is 11.1 Å². The number of hydrogen-bond donors (Lipinski definition) is 0. The lowest BCUT2D eigenvalue weighted by molar-refractivity contribution is 1.05. The molecule has 0 N–H and O–H groups in total. The highest BCUT2D eigenvalue weighted by Crippen LogP contribution is 2.50. The number of hydrogen-bond acceptors (Lipinski definition) is 1. The molecule has 2 aromatic carbocycles. The third-order valence-electron chi connectivity index (χ3n) is 4.33. The van der Waals surface area contributed by atoms with E-state index in [0.717, 1.165) is 0 Å². The lowest BCUT2D eigenvalue weighted by Gasteiger charge is -2.09. The lowest BCUT2D eigenvalue weighted by Crippen LogP contribution is -1.91. The summed E-state index contributed by atoms with van der Waals surface area (Å²) < 4.78 is 0. The van der Waals surface area contributed by atoms with Crippen molar-refractivity contribution in [3.05, 3.63) is 88.4 Å². The second-order valence-corrected chi connectivity index (χ2v) is 7.15. The van der Waals surface area contributed by atoms with Gasteiger partial charge in [0.15, 0.2) is 0 Å². The zero-order chi connectivity index (χ0) is 15.1. The standard InChI is InChI=1S/C21H18S/c1-14-3-7-16(8-4-14)17-9-12-21-19(13-17)18-10-5-15(2)6-11-20(18)22-21/h3-13,18H,1-2H3. The van der Waals surface area contributed by atoms with Gasteiger partial charge in [-0.15, -0.1) is 0 Å². The van der Waals surface area contributed by atoms with Crippen LogP contribution in [0.15, 0.2) is 82.1 Å². The van der Waals surface area contributed by atoms with E-state index in [1.54, 1.807) is 0 Å². The maximum absolute atomic E-state index is 2.36. The fourth-order valence-corrected chi connectivity index (χ4v) is 4.17. The molecule has 0 saturated heterocycles. The molecule has 1 atom stereocenters. The summed E-state index contributed by atoms with van der Waals surface area (Å²) in [5.74, 6) is 0.416. The fourth-order valence-electron chi connectivity index (χ4n) is 3.01. The van der Waals surface area contributed by atoms with Crippen LogP contribution in [-0.2, 0) is 0 Å². The molecule has 2 aliphatic rings. The van der Waals surface area contributed by atoms with Crippen molar-refractivity contribution in [2.45, 2.75) is 24.7 Å². The Morgan fingerprint density at radius 3 is 2.45 bits per heavy atom. The summed E-state index contributed by atoms with van der Waals surface area (Å²) >= 11 is 1.91. The van der Waals surface area contributed by atoms with E-state index in [9.17, 15) is 0 Å². The predicted molar refractivity (Wildman–Crippen MR) is 96.2 cm³/mol. The third kappa shape index (κ3) is 2.36. The van der Waals surface area contributed by atoms with Crippen molar-refractivity contribution in [1.29, 1.82) is 0 Å². The van der Waals surface area contributed by atoms with Crippen LogP contribution in [0, 0.1) is 6.92 Å². The molecular weight excluding hydrogens is 284 g/mol. The second-order valence-electron chi connectivity index (χ2n) is 6.04. The van der Waals surface area contributed by atoms with E-state index in [1.165, 1.54) is 37.6 Å². The highest BCUT2D eigenvalue weighted by Gasteiger charge is 2.27. The Kier molecular flexibility index (Phi) is 3.31. The summed E-state index contributed by atoms with van der Waals surface area (Å²) in [7, 11) is 0. The highest BCUT2D eigenvalue weighted by atomic mass is 32.2. The van der Waals surface area contributed by atoms with E-state index >= 15 is 0 Å². The van der Waals surface area contributed by atoms with E-state index in [-0.39, 0.29) is 0 Å². The van der Waals surface area contributed by atoms with Crippen LogP contribution in [0.3, 0.4) is 0 Å². The Balaban J connectivity index is 1.78. The molecule has 0 saturated carbocycles. The largest absolute Gasteiger partial charge is 0.0932 e. The van der Waals surface area contributed by atoms with Crippen molar-refractivity contribution < 1.29 is 0 Å². The van der Waals surface area contributed by atoms with Crippen LogP contribution in [0.5, 0.6) is 0 Å². The number of thioether (sulfide) groups is 1. The fraction of sp³-hybridized carbons (Fsp3) is 0.143. The van der Waals surface area contributed by atoms with E-state index in [1.807, 2.05) is 11.8 Å². The van der Waals surface area contributed by atoms with Crippen LogP contribution in [0.25, 0.3) is 11.1 Å². The SMILES string of the molecule is CC1=CC=C2Sc3ccc(-c4ccc(C)cc4)cc3C2C=C1. The van der Waals surface area contributed by atoms with Crippen molar-refractivity contribution in [3.63, 3.8) is 0 Å². The Labute approximate surface area is 136 Å². The third-order valence-corrected chi connectivity index (χ3v) is 5.54. The van der Waals surface area contributed by atoms with Gasteiger partial charge in [-0.05, 0) is 42.7 Å². The van der Waals surface area contributed by atoms with Gasteiger partial charge in [-0.2, -0.15) is 0 Å². The molecule has 1 unspecified atom stereocenters. The molecule has 22 heavy (non-hydrogen) atoms. The van der Waals surface area contributed by atoms with Crippen LogP contribution >= 0.6 is 11.8 Å². The molecule has 2 aromatic rings. The zero-order valence-corrected chi connectivity index (χ0v) is 13.7. The van der Waals surface area contributed by atoms with Gasteiger partial charge in [0.2, 0.25) is 0 Å². The van der Waals surface area contributed by atoms with Gasteiger partial charge in [-0.3, -0.25) is 0 Å². The molecule has 0 aromatic heterocycles. The smallest absolute Gasteiger partial charge is 0.0347 e. The van der Waals surface area contributed by atoms with Gasteiger partial charge in [-0.1, -0.05) is 77.5 Å². The highest BCUT2D eigenvalue weighted by molar-refractivity contribution is 8.03. The summed E-state index contributed by atoms with van der Waals surface area (Å²) in [5, 5.41) is 0. The van der Waals surface area contributed by atoms with Crippen molar-refractivity contribution in [2.75, 3.05) is 0 Å². The molecule has 0 amide bonds. The Morgan fingerprint density at radius 1 is 0.864 bits per heavy atom. The lowest BCUT2D eigenvalue weighted by atomic mass is 9.94. The van der Waals surface area contributed by atoms with Gasteiger partial charge >= 0.3 is 0 Å². The molecule has 1 heteroatoms. The van der Waals surface area contributed by atoms with Crippen LogP contribution in [0.1, 0.15) is 24.0 Å². The summed E-state index contributed by atoms with van der Waals surface area (Å²) in [6.07, 6.45) is 9.06. The van der Waals surface area contributed by atoms with Crippen LogP contribution < -0.4 is 0 Å². The first-order valence-corrected chi connectivity index (χ1v) is 8.48. The minimum Gasteiger partial charge on any atom is -0.0932 e. The van der Waals surface area contributed by atoms with Crippen molar-refractivity contribution in [1.82, 2.24) is 0 Å². The van der Waals surface area contributed by atoms with E-state index < -0.39 is 0 Å². The molecule has 0 radical (unpaired) electrons. The van der Waals surface area contributed by atoms with E-state index in [0.29, 0.717) is 5.92 Å². The first-order valence-electron chi connectivity index (χ1n) is 7.66. The molecule has 108 valence electrons. The van der Waals surface area contributed by atoms with Gasteiger partial charge in [0.1, 0.15) is 0 Å². The number of benzene rings is 2. The van der Waals surface area contributed by atoms with Gasteiger partial charge in [0, 0.05) is 15.7 Å². The number of rotatable bonds is 1. The van der Waals surface area contributed by atoms with E-state index in [4.69, 9.17) is 0 Å². The molecule has 1 aliphatic heterocycles. The Hall–Kier alpha value is -1.99. The van der Waals surface area contributed by atoms with Gasteiger partial charge in [0.05, 0.1) is 0 Å². The summed E-state index contributed by atoms with van der Waals surface area (Å²) in [6, 6.07) is 15.7. The van der Waals surface area contributed by atoms with Crippen molar-refractivity contribution in [2.24, 2.45) is 0 Å². The maximum atomic E-state index is 2.36. The molecular formula is C21H18S. The second kappa shape index (κ2) is 5.33. The monoisotopic (exact) mass is 302 g/mol. The molecule has 0 nitrogen and oxygen atoms in total. The normalized spacial score (nSPS) is 19.1. The van der Waals surface area contributed by atoms with Gasteiger partial charge in [-0.25, -0.2) is 0 Å². The molecule has 1 aliphatic carbocycles. The average Bonchev–Trinajstić information content (AvgIpc) is 2.78. The number of aryl methyl sites for hydroxylation is 1. The molecule has 0 spiro atoms. The first-order chi connectivity index (χ1) is 10.7. The quantitative estimate of drug-likeness (QED) is 0.600. The first kappa shape index (κ1) is 13.7. The summed E-state index contributed by atoms with van der Waals surface area (Å²) in [4.78, 5) is 2.83. The van der Waals surface area contributed by atoms with Crippen LogP contribution in [0.2, 0.25) is 0 Å². The Bertz CT molecular complexity index is 819. The van der Waals surface area contributed by atoms with Gasteiger partial charge in [0.25, 0.3) is 0 Å². The van der Waals surface area contributed by atoms with Gasteiger partial charge < -0.3 is 0 Å². The minimum absolute atomic E-state index is 0.416. The van der Waals surface area contributed by atoms with Crippen LogP contribution in [0.4, 0.5) is 0 Å². The molecule has 0 fully saturated rings. The minimum atomic E-state index is 0.416.